The number of amides is 1. The van der Waals surface area contributed by atoms with Gasteiger partial charge < -0.3 is 25.8 Å². The quantitative estimate of drug-likeness (QED) is 0.363. The molecule has 3 aromatic heterocycles. The molecule has 6 rings (SSSR count). The zero-order valence-electron chi connectivity index (χ0n) is 22.7. The lowest BCUT2D eigenvalue weighted by molar-refractivity contribution is -0.130. The number of ether oxygens (including phenoxy) is 1. The first-order chi connectivity index (χ1) is 19.2. The normalized spacial score (nSPS) is 19.0. The van der Waals surface area contributed by atoms with Gasteiger partial charge in [0, 0.05) is 67.5 Å². The average molecular weight is 541 g/mol. The van der Waals surface area contributed by atoms with Gasteiger partial charge in [-0.15, -0.1) is 0 Å². The molecular weight excluding hydrogens is 508 g/mol. The number of methoxy groups -OCH3 is 1. The van der Waals surface area contributed by atoms with Crippen LogP contribution in [-0.2, 0) is 11.3 Å². The minimum atomic E-state index is -1.56. The van der Waals surface area contributed by atoms with Gasteiger partial charge in [-0.05, 0) is 44.0 Å². The molecule has 4 N–H and O–H groups in total. The topological polar surface area (TPSA) is 154 Å². The van der Waals surface area contributed by atoms with Gasteiger partial charge in [0.25, 0.3) is 5.91 Å². The molecule has 0 spiro atoms. The van der Waals surface area contributed by atoms with Crippen LogP contribution in [0.25, 0.3) is 16.7 Å². The number of nitrogens with one attached hydrogen (secondary N) is 1. The smallest absolute Gasteiger partial charge is 0.255 e. The number of allylic oxidation sites excluding steroid dienone is 1. The summed E-state index contributed by atoms with van der Waals surface area (Å²) in [6.07, 6.45) is 7.41. The van der Waals surface area contributed by atoms with Gasteiger partial charge in [-0.3, -0.25) is 14.7 Å². The van der Waals surface area contributed by atoms with Crippen LogP contribution in [0.2, 0.25) is 0 Å². The molecule has 11 nitrogen and oxygen atoms in total. The van der Waals surface area contributed by atoms with Gasteiger partial charge in [0.15, 0.2) is 0 Å². The number of carbonyl (C=O) groups is 1. The highest BCUT2D eigenvalue weighted by Crippen LogP contribution is 2.36. The Morgan fingerprint density at radius 1 is 1.20 bits per heavy atom. The number of aromatic nitrogens is 3. The van der Waals surface area contributed by atoms with Crippen LogP contribution in [0.4, 0.5) is 11.5 Å². The van der Waals surface area contributed by atoms with E-state index in [1.807, 2.05) is 24.4 Å². The van der Waals surface area contributed by atoms with E-state index in [0.717, 1.165) is 31.0 Å². The van der Waals surface area contributed by atoms with E-state index >= 15 is 0 Å². The number of nitrogens with zero attached hydrogens (tertiary/aromatic N) is 6. The fraction of sp³-hybridized carbons (Fsp3) is 0.345. The lowest BCUT2D eigenvalue weighted by atomic mass is 9.87. The second-order valence-corrected chi connectivity index (χ2v) is 10.6. The molecule has 3 saturated heterocycles. The summed E-state index contributed by atoms with van der Waals surface area (Å²) in [6, 6.07) is 12.5. The van der Waals surface area contributed by atoms with Crippen molar-refractivity contribution in [3.05, 3.63) is 66.4 Å². The van der Waals surface area contributed by atoms with Gasteiger partial charge in [0.1, 0.15) is 17.5 Å². The number of nitriles is 1. The molecule has 3 aliphatic rings. The highest BCUT2D eigenvalue weighted by atomic mass is 16.5. The molecule has 0 radical (unpaired) electrons. The maximum Gasteiger partial charge on any atom is 0.255 e. The van der Waals surface area contributed by atoms with Gasteiger partial charge in [-0.2, -0.15) is 5.26 Å². The Labute approximate surface area is 232 Å². The van der Waals surface area contributed by atoms with Gasteiger partial charge in [0.05, 0.1) is 30.3 Å². The number of fused-ring (bicyclic) bond motifs is 2. The van der Waals surface area contributed by atoms with Gasteiger partial charge in [-0.25, -0.2) is 9.97 Å². The molecule has 40 heavy (non-hydrogen) atoms. The summed E-state index contributed by atoms with van der Waals surface area (Å²) in [5.74, 6) is 0.919. The number of carbonyl (C=O) groups excluding carboxylic acids is 1. The molecule has 11 heteroatoms. The van der Waals surface area contributed by atoms with Crippen LogP contribution in [0.3, 0.4) is 0 Å². The lowest BCUT2D eigenvalue weighted by Gasteiger charge is -2.56. The summed E-state index contributed by atoms with van der Waals surface area (Å²) < 4.78 is 5.16. The molecule has 2 unspecified atom stereocenters. The van der Waals surface area contributed by atoms with Crippen LogP contribution in [0, 0.1) is 11.3 Å². The van der Waals surface area contributed by atoms with Crippen molar-refractivity contribution in [2.45, 2.75) is 44.5 Å². The van der Waals surface area contributed by atoms with Gasteiger partial charge in [-0.1, -0.05) is 6.07 Å². The van der Waals surface area contributed by atoms with Crippen molar-refractivity contribution in [2.75, 3.05) is 30.4 Å². The summed E-state index contributed by atoms with van der Waals surface area (Å²) >= 11 is 0. The predicted molar refractivity (Wildman–Crippen MR) is 151 cm³/mol. The van der Waals surface area contributed by atoms with Crippen LogP contribution in [0.1, 0.15) is 31.5 Å². The molecule has 6 heterocycles. The van der Waals surface area contributed by atoms with E-state index in [4.69, 9.17) is 15.5 Å². The van der Waals surface area contributed by atoms with E-state index < -0.39 is 11.5 Å². The number of nitrogens with two attached hydrogens (primary N) is 1. The molecule has 0 aliphatic carbocycles. The number of aliphatic hydroxyl groups is 1. The van der Waals surface area contributed by atoms with Crippen molar-refractivity contribution in [3.8, 4) is 23.1 Å². The molecule has 3 aromatic rings. The van der Waals surface area contributed by atoms with Gasteiger partial charge in [0.2, 0.25) is 5.88 Å². The highest BCUT2D eigenvalue weighted by molar-refractivity contribution is 5.97. The van der Waals surface area contributed by atoms with Crippen LogP contribution >= 0.6 is 0 Å². The Kier molecular flexibility index (Phi) is 7.38. The first-order valence-corrected chi connectivity index (χ1v) is 13.0. The molecule has 1 amide bonds. The van der Waals surface area contributed by atoms with Crippen molar-refractivity contribution in [2.24, 2.45) is 5.73 Å². The number of anilines is 2. The summed E-state index contributed by atoms with van der Waals surface area (Å²) in [4.78, 5) is 30.6. The van der Waals surface area contributed by atoms with E-state index in [2.05, 4.69) is 37.2 Å². The molecule has 3 aliphatic heterocycles. The minimum Gasteiger partial charge on any atom is -0.481 e. The molecule has 3 fully saturated rings. The highest BCUT2D eigenvalue weighted by Gasteiger charge is 2.44. The fourth-order valence-electron chi connectivity index (χ4n) is 5.12. The van der Waals surface area contributed by atoms with Crippen LogP contribution < -0.4 is 20.7 Å². The Bertz CT molecular complexity index is 1450. The van der Waals surface area contributed by atoms with E-state index in [0.29, 0.717) is 34.9 Å². The van der Waals surface area contributed by atoms with Crippen molar-refractivity contribution in [1.29, 1.82) is 5.26 Å². The first-order valence-electron chi connectivity index (χ1n) is 13.0. The fourth-order valence-corrected chi connectivity index (χ4v) is 5.12. The largest absolute Gasteiger partial charge is 0.481 e. The maximum absolute atomic E-state index is 12.3. The zero-order chi connectivity index (χ0) is 28.4. The van der Waals surface area contributed by atoms with E-state index in [9.17, 15) is 15.2 Å². The summed E-state index contributed by atoms with van der Waals surface area (Å²) in [6.45, 7) is 5.42. The molecule has 0 aromatic carbocycles. The van der Waals surface area contributed by atoms with E-state index in [1.54, 1.807) is 19.4 Å². The van der Waals surface area contributed by atoms with Gasteiger partial charge >= 0.3 is 0 Å². The Hall–Kier alpha value is -4.53. The van der Waals surface area contributed by atoms with E-state index in [-0.39, 0.29) is 5.57 Å². The monoisotopic (exact) mass is 540 g/mol. The third-order valence-electron chi connectivity index (χ3n) is 7.34. The number of hydrogen-bond donors (Lipinski definition) is 3. The molecule has 206 valence electrons. The van der Waals surface area contributed by atoms with E-state index in [1.165, 1.54) is 38.2 Å². The van der Waals surface area contributed by atoms with Crippen molar-refractivity contribution in [1.82, 2.24) is 19.9 Å². The maximum atomic E-state index is 12.3. The standard InChI is InChI=1S/C29H32N8O3/c1-29(2,39)28(38)35-21-8-24(27(34-14-21)20(10-30)11-31)19-5-6-25(32-13-19)36-16-22-9-23(17-36)37(22)15-18-4-7-26(40-3)33-12-18/h4-8,10,12-14,22-23,39H,9,15-17,30H2,1-3H3,(H,35,38)/b20-10-. The van der Waals surface area contributed by atoms with Crippen LogP contribution in [0.15, 0.2) is 55.1 Å². The average Bonchev–Trinajstić information content (AvgIpc) is 2.97. The van der Waals surface area contributed by atoms with Crippen LogP contribution in [-0.4, -0.2) is 68.7 Å². The number of rotatable bonds is 8. The Morgan fingerprint density at radius 2 is 1.98 bits per heavy atom. The Balaban J connectivity index is 1.32. The van der Waals surface area contributed by atoms with Crippen molar-refractivity contribution < 1.29 is 14.6 Å². The first kappa shape index (κ1) is 27.1. The second kappa shape index (κ2) is 10.9. The molecular formula is C29H32N8O3. The predicted octanol–water partition coefficient (Wildman–Crippen LogP) is 2.54. The Morgan fingerprint density at radius 3 is 2.55 bits per heavy atom. The van der Waals surface area contributed by atoms with Crippen molar-refractivity contribution >= 4 is 23.0 Å². The summed E-state index contributed by atoms with van der Waals surface area (Å²) in [5, 5.41) is 22.3. The van der Waals surface area contributed by atoms with Crippen molar-refractivity contribution in [3.63, 3.8) is 0 Å². The summed E-state index contributed by atoms with van der Waals surface area (Å²) in [5.41, 5.74) is 7.56. The number of piperazine rings is 1. The van der Waals surface area contributed by atoms with Crippen LogP contribution in [0.5, 0.6) is 5.88 Å². The third-order valence-corrected chi connectivity index (χ3v) is 7.34. The minimum absolute atomic E-state index is 0.197. The second-order valence-electron chi connectivity index (χ2n) is 10.6. The zero-order valence-corrected chi connectivity index (χ0v) is 22.7. The molecule has 2 bridgehead atoms. The SMILES string of the molecule is COc1ccc(CN2C3CC2CN(c2ccc(-c4cc(NC(=O)C(C)(C)O)cnc4/C(C#N)=C\N)cn2)C3)cn1. The summed E-state index contributed by atoms with van der Waals surface area (Å²) in [7, 11) is 1.61. The lowest BCUT2D eigenvalue weighted by Crippen LogP contribution is -2.68. The number of pyridine rings is 3. The molecule has 0 saturated carbocycles. The number of piperidine rings is 1. The molecule has 2 atom stereocenters. The third kappa shape index (κ3) is 5.45. The number of hydrogen-bond acceptors (Lipinski definition) is 10.